The molecule has 1 amide bonds. The summed E-state index contributed by atoms with van der Waals surface area (Å²) in [4.78, 5) is 55.6. The van der Waals surface area contributed by atoms with E-state index >= 15 is 0 Å². The summed E-state index contributed by atoms with van der Waals surface area (Å²) in [6.07, 6.45) is 4.33. The number of methoxy groups -OCH3 is 1. The van der Waals surface area contributed by atoms with E-state index in [9.17, 15) is 44.9 Å². The number of phenols is 4. The highest BCUT2D eigenvalue weighted by Gasteiger charge is 2.21. The van der Waals surface area contributed by atoms with Crippen molar-refractivity contribution in [1.29, 1.82) is 0 Å². The SMILES string of the molecule is CC(NC(=O)c1ccccc1N=Cc1c(O)ccc2ccccc12)c1ccccc1.COc1ccc(N=Cc2c(O)ccc3ccccc23)c([N+](=O)[O-])c1.O=C1CCc2c(ccc3ccccc23)O1.O=c1oc2ccccc2c2oc3cc(O)c(O)cc3c12. The van der Waals surface area contributed by atoms with Gasteiger partial charge in [0, 0.05) is 40.6 Å². The first-order valence-corrected chi connectivity index (χ1v) is 28.0. The Bertz CT molecular complexity index is 4980. The molecular weight excluding hydrogens is 1130 g/mol. The topological polar surface area (TPSA) is 257 Å². The van der Waals surface area contributed by atoms with Crippen LogP contribution in [0.4, 0.5) is 17.1 Å². The van der Waals surface area contributed by atoms with Gasteiger partial charge in [-0.15, -0.1) is 0 Å². The number of phenolic OH excluding ortho intramolecular Hbond substituents is 4. The standard InChI is InChI=1S/C26H22N2O2.C18H14N2O4.C15H8O5.C13H10O2/c1-18(19-9-3-2-4-10-19)28-26(30)22-13-7-8-14-24(22)27-17-23-21-12-6-5-11-20(21)15-16-25(23)29;1-24-13-7-8-16(17(10-13)20(22)23)19-11-15-14-5-3-2-4-12(14)6-9-18(15)21;16-9-5-8-12(6-10(9)17)19-14-7-3-1-2-4-11(7)20-15(18)13(8)14;14-13-8-6-11-10-4-2-1-3-9(10)5-7-12(11)15-13/h2-18,29H,1H3,(H,28,30);2-11,21H,1H3;1-6,16-17H;1-5,7H,6,8H2. The van der Waals surface area contributed by atoms with Gasteiger partial charge in [0.25, 0.3) is 11.6 Å². The van der Waals surface area contributed by atoms with Gasteiger partial charge < -0.3 is 44.1 Å². The number of fused-ring (bicyclic) bond motifs is 10. The van der Waals surface area contributed by atoms with E-state index in [2.05, 4.69) is 27.4 Å². The lowest BCUT2D eigenvalue weighted by molar-refractivity contribution is -0.384. The van der Waals surface area contributed by atoms with Gasteiger partial charge >= 0.3 is 11.6 Å². The van der Waals surface area contributed by atoms with Crippen LogP contribution in [0.15, 0.2) is 242 Å². The second-order valence-corrected chi connectivity index (χ2v) is 20.5. The van der Waals surface area contributed by atoms with Crippen LogP contribution in [-0.4, -0.2) is 56.8 Å². The molecule has 14 rings (SSSR count). The van der Waals surface area contributed by atoms with Gasteiger partial charge in [-0.1, -0.05) is 146 Å². The Morgan fingerprint density at radius 3 is 1.80 bits per heavy atom. The van der Waals surface area contributed by atoms with Crippen molar-refractivity contribution in [2.75, 3.05) is 7.11 Å². The van der Waals surface area contributed by atoms with Crippen LogP contribution in [0.5, 0.6) is 34.5 Å². The van der Waals surface area contributed by atoms with Crippen LogP contribution >= 0.6 is 0 Å². The molecule has 1 unspecified atom stereocenters. The smallest absolute Gasteiger partial charge is 0.348 e. The summed E-state index contributed by atoms with van der Waals surface area (Å²) >= 11 is 0. The third kappa shape index (κ3) is 12.8. The molecule has 440 valence electrons. The van der Waals surface area contributed by atoms with Crippen LogP contribution in [0, 0.1) is 10.1 Å². The maximum atomic E-state index is 12.9. The zero-order valence-electron chi connectivity index (χ0n) is 47.7. The van der Waals surface area contributed by atoms with Crippen LogP contribution in [0.3, 0.4) is 0 Å². The number of carbonyl (C=O) groups excluding carboxylic acids is 2. The van der Waals surface area contributed by atoms with Crippen molar-refractivity contribution in [3.8, 4) is 34.5 Å². The highest BCUT2D eigenvalue weighted by atomic mass is 16.6. The number of aliphatic imine (C=N–C) groups is 2. The summed E-state index contributed by atoms with van der Waals surface area (Å²) in [5.41, 5.74) is 4.98. The van der Waals surface area contributed by atoms with Crippen molar-refractivity contribution in [3.63, 3.8) is 0 Å². The molecule has 0 aliphatic carbocycles. The quantitative estimate of drug-likeness (QED) is 0.0172. The number of nitro groups is 1. The normalized spacial score (nSPS) is 12.2. The van der Waals surface area contributed by atoms with E-state index in [1.165, 1.54) is 48.4 Å². The first-order chi connectivity index (χ1) is 43.2. The van der Waals surface area contributed by atoms with E-state index in [0.29, 0.717) is 62.1 Å². The van der Waals surface area contributed by atoms with E-state index in [1.807, 2.05) is 134 Å². The molecule has 17 nitrogen and oxygen atoms in total. The summed E-state index contributed by atoms with van der Waals surface area (Å²) in [6.45, 7) is 1.95. The molecule has 0 bridgehead atoms. The molecule has 1 aliphatic heterocycles. The van der Waals surface area contributed by atoms with Gasteiger partial charge in [-0.2, -0.15) is 0 Å². The molecule has 0 saturated heterocycles. The fourth-order valence-corrected chi connectivity index (χ4v) is 10.3. The molecule has 2 aromatic heterocycles. The number of para-hydroxylation sites is 2. The third-order valence-electron chi connectivity index (χ3n) is 14.9. The lowest BCUT2D eigenvalue weighted by Gasteiger charge is -2.17. The van der Waals surface area contributed by atoms with Crippen molar-refractivity contribution < 1.29 is 53.2 Å². The van der Waals surface area contributed by atoms with E-state index in [1.54, 1.807) is 60.8 Å². The minimum atomic E-state index is -0.539. The summed E-state index contributed by atoms with van der Waals surface area (Å²) in [7, 11) is 1.44. The van der Waals surface area contributed by atoms with Gasteiger partial charge in [0.2, 0.25) is 0 Å². The zero-order chi connectivity index (χ0) is 62.1. The maximum Gasteiger partial charge on any atom is 0.348 e. The molecule has 1 aliphatic rings. The van der Waals surface area contributed by atoms with Crippen molar-refractivity contribution in [3.05, 3.63) is 267 Å². The fourth-order valence-electron chi connectivity index (χ4n) is 10.3. The molecule has 0 fully saturated rings. The number of nitro benzene ring substituents is 1. The van der Waals surface area contributed by atoms with Crippen LogP contribution in [0.25, 0.3) is 65.2 Å². The molecule has 1 atom stereocenters. The highest BCUT2D eigenvalue weighted by molar-refractivity contribution is 6.13. The van der Waals surface area contributed by atoms with E-state index in [0.717, 1.165) is 44.8 Å². The number of esters is 1. The van der Waals surface area contributed by atoms with Gasteiger partial charge in [0.1, 0.15) is 45.2 Å². The number of carbonyl (C=O) groups is 2. The van der Waals surface area contributed by atoms with Crippen molar-refractivity contribution in [2.45, 2.75) is 25.8 Å². The predicted octanol–water partition coefficient (Wildman–Crippen LogP) is 15.8. The first kappa shape index (κ1) is 58.7. The second-order valence-electron chi connectivity index (χ2n) is 20.5. The van der Waals surface area contributed by atoms with Gasteiger partial charge in [0.05, 0.1) is 47.2 Å². The summed E-state index contributed by atoms with van der Waals surface area (Å²) in [5.74, 6) is 0.390. The molecule has 0 radical (unpaired) electrons. The van der Waals surface area contributed by atoms with Gasteiger partial charge in [-0.3, -0.25) is 24.7 Å². The number of furan rings is 1. The third-order valence-corrected chi connectivity index (χ3v) is 14.9. The van der Waals surface area contributed by atoms with Gasteiger partial charge in [-0.25, -0.2) is 9.79 Å². The number of aromatic hydroxyl groups is 4. The van der Waals surface area contributed by atoms with Crippen LogP contribution in [0.2, 0.25) is 0 Å². The number of hydrogen-bond acceptors (Lipinski definition) is 15. The van der Waals surface area contributed by atoms with E-state index < -0.39 is 10.5 Å². The number of ether oxygens (including phenoxy) is 2. The number of aryl methyl sites for hydroxylation is 1. The average Bonchev–Trinajstić information content (AvgIpc) is 1.73. The highest BCUT2D eigenvalue weighted by Crippen LogP contribution is 2.39. The van der Waals surface area contributed by atoms with E-state index in [-0.39, 0.29) is 57.7 Å². The Balaban J connectivity index is 0.000000126. The van der Waals surface area contributed by atoms with Crippen molar-refractivity contribution in [1.82, 2.24) is 5.32 Å². The Labute approximate surface area is 507 Å². The Hall–Kier alpha value is -12.1. The number of hydrogen-bond donors (Lipinski definition) is 5. The second kappa shape index (κ2) is 26.0. The maximum absolute atomic E-state index is 12.9. The van der Waals surface area contributed by atoms with Gasteiger partial charge in [0.15, 0.2) is 17.1 Å². The van der Waals surface area contributed by atoms with Crippen molar-refractivity contribution >= 4 is 107 Å². The molecule has 5 N–H and O–H groups in total. The molecule has 13 aromatic rings. The molecule has 3 heterocycles. The minimum absolute atomic E-state index is 0.0635. The van der Waals surface area contributed by atoms with Gasteiger partial charge in [-0.05, 0) is 112 Å². The minimum Gasteiger partial charge on any atom is -0.507 e. The summed E-state index contributed by atoms with van der Waals surface area (Å²) in [5, 5.41) is 61.2. The predicted molar refractivity (Wildman–Crippen MR) is 345 cm³/mol. The molecule has 11 aromatic carbocycles. The molecule has 89 heavy (non-hydrogen) atoms. The Morgan fingerprint density at radius 1 is 0.573 bits per heavy atom. The molecule has 0 spiro atoms. The Kier molecular flexibility index (Phi) is 17.2. The number of benzene rings is 11. The van der Waals surface area contributed by atoms with Crippen molar-refractivity contribution in [2.24, 2.45) is 9.98 Å². The molecule has 0 saturated carbocycles. The zero-order valence-corrected chi connectivity index (χ0v) is 47.7. The van der Waals surface area contributed by atoms with Crippen LogP contribution in [-0.2, 0) is 11.2 Å². The summed E-state index contributed by atoms with van der Waals surface area (Å²) in [6, 6.07) is 65.2. The van der Waals surface area contributed by atoms with E-state index in [4.69, 9.17) is 18.3 Å². The number of rotatable bonds is 9. The summed E-state index contributed by atoms with van der Waals surface area (Å²) < 4.78 is 21.1. The molecular formula is C72H54N4O13. The van der Waals surface area contributed by atoms with Crippen LogP contribution in [0.1, 0.15) is 52.0 Å². The largest absolute Gasteiger partial charge is 0.507 e. The fraction of sp³-hybridized carbons (Fsp3) is 0.0694. The lowest BCUT2D eigenvalue weighted by Crippen LogP contribution is -2.26. The average molecular weight is 1180 g/mol. The lowest BCUT2D eigenvalue weighted by atomic mass is 9.98. The number of nitrogens with one attached hydrogen (secondary N) is 1. The first-order valence-electron chi connectivity index (χ1n) is 28.0. The number of nitrogens with zero attached hydrogens (tertiary/aromatic N) is 3. The number of amides is 1. The molecule has 17 heteroatoms. The van der Waals surface area contributed by atoms with Crippen LogP contribution < -0.4 is 20.4 Å². The Morgan fingerprint density at radius 2 is 1.13 bits per heavy atom. The monoisotopic (exact) mass is 1180 g/mol.